The highest BCUT2D eigenvalue weighted by Crippen LogP contribution is 2.17. The van der Waals surface area contributed by atoms with Gasteiger partial charge < -0.3 is 10.1 Å². The number of rotatable bonds is 6. The van der Waals surface area contributed by atoms with E-state index in [2.05, 4.69) is 10.3 Å². The zero-order valence-corrected chi connectivity index (χ0v) is 11.8. The molecule has 2 heterocycles. The number of ether oxygens (including phenoxy) is 1. The van der Waals surface area contributed by atoms with Crippen molar-refractivity contribution in [3.63, 3.8) is 0 Å². The number of carbonyl (C=O) groups is 1. The first-order valence-electron chi connectivity index (χ1n) is 6.73. The zero-order valence-electron chi connectivity index (χ0n) is 11.0. The summed E-state index contributed by atoms with van der Waals surface area (Å²) in [5.41, 5.74) is 0. The van der Waals surface area contributed by atoms with E-state index in [1.807, 2.05) is 18.2 Å². The number of aromatic nitrogens is 1. The minimum absolute atomic E-state index is 0.136. The molecule has 1 aliphatic heterocycles. The quantitative estimate of drug-likeness (QED) is 0.640. The predicted octanol–water partition coefficient (Wildman–Crippen LogP) is 2.11. The average molecular weight is 280 g/mol. The number of hydrogen-bond donors (Lipinski definition) is 1. The molecule has 2 rings (SSSR count). The first-order chi connectivity index (χ1) is 9.34. The van der Waals surface area contributed by atoms with Crippen molar-refractivity contribution in [2.24, 2.45) is 5.92 Å². The molecule has 104 valence electrons. The van der Waals surface area contributed by atoms with E-state index in [1.54, 1.807) is 18.0 Å². The van der Waals surface area contributed by atoms with Crippen molar-refractivity contribution < 1.29 is 9.53 Å². The summed E-state index contributed by atoms with van der Waals surface area (Å²) < 4.78 is 5.37. The Morgan fingerprint density at radius 2 is 2.47 bits per heavy atom. The van der Waals surface area contributed by atoms with E-state index in [4.69, 9.17) is 4.74 Å². The molecule has 1 aliphatic rings. The van der Waals surface area contributed by atoms with Gasteiger partial charge >= 0.3 is 0 Å². The standard InChI is InChI=1S/C14H20N2O2S/c17-13(10-12-4-3-8-18-11-12)15-7-9-19-14-5-1-2-6-16-14/h1-2,5-6,12H,3-4,7-11H2,(H,15,17). The van der Waals surface area contributed by atoms with Crippen LogP contribution in [-0.4, -0.2) is 36.4 Å². The third-order valence-electron chi connectivity index (χ3n) is 3.04. The van der Waals surface area contributed by atoms with E-state index in [9.17, 15) is 4.79 Å². The van der Waals surface area contributed by atoms with Gasteiger partial charge in [0.15, 0.2) is 0 Å². The molecule has 1 atom stereocenters. The molecule has 0 bridgehead atoms. The predicted molar refractivity (Wildman–Crippen MR) is 76.1 cm³/mol. The lowest BCUT2D eigenvalue weighted by molar-refractivity contribution is -0.122. The van der Waals surface area contributed by atoms with Gasteiger partial charge in [0.25, 0.3) is 0 Å². The van der Waals surface area contributed by atoms with E-state index in [0.717, 1.165) is 36.8 Å². The Labute approximate surface area is 118 Å². The van der Waals surface area contributed by atoms with Gasteiger partial charge in [-0.1, -0.05) is 6.07 Å². The molecule has 1 amide bonds. The van der Waals surface area contributed by atoms with E-state index in [-0.39, 0.29) is 5.91 Å². The molecule has 1 aromatic heterocycles. The summed E-state index contributed by atoms with van der Waals surface area (Å²) in [4.78, 5) is 16.0. The Morgan fingerprint density at radius 1 is 1.53 bits per heavy atom. The van der Waals surface area contributed by atoms with Crippen LogP contribution in [0.2, 0.25) is 0 Å². The van der Waals surface area contributed by atoms with E-state index >= 15 is 0 Å². The molecule has 0 saturated carbocycles. The maximum atomic E-state index is 11.7. The van der Waals surface area contributed by atoms with Crippen molar-refractivity contribution >= 4 is 17.7 Å². The van der Waals surface area contributed by atoms with Gasteiger partial charge in [0.2, 0.25) is 5.91 Å². The Morgan fingerprint density at radius 3 is 3.21 bits per heavy atom. The highest BCUT2D eigenvalue weighted by Gasteiger charge is 2.17. The van der Waals surface area contributed by atoms with Crippen LogP contribution in [-0.2, 0) is 9.53 Å². The van der Waals surface area contributed by atoms with Gasteiger partial charge in [0.1, 0.15) is 0 Å². The van der Waals surface area contributed by atoms with E-state index in [1.165, 1.54) is 0 Å². The minimum atomic E-state index is 0.136. The normalized spacial score (nSPS) is 19.1. The van der Waals surface area contributed by atoms with Gasteiger partial charge in [-0.15, -0.1) is 11.8 Å². The van der Waals surface area contributed by atoms with Crippen LogP contribution in [0.4, 0.5) is 0 Å². The number of nitrogens with one attached hydrogen (secondary N) is 1. The molecule has 1 saturated heterocycles. The van der Waals surface area contributed by atoms with Gasteiger partial charge in [0.05, 0.1) is 5.03 Å². The second-order valence-corrected chi connectivity index (χ2v) is 5.77. The number of thioether (sulfide) groups is 1. The fraction of sp³-hybridized carbons (Fsp3) is 0.571. The van der Waals surface area contributed by atoms with Gasteiger partial charge in [-0.3, -0.25) is 4.79 Å². The number of pyridine rings is 1. The van der Waals surface area contributed by atoms with Crippen LogP contribution in [0, 0.1) is 5.92 Å². The summed E-state index contributed by atoms with van der Waals surface area (Å²) >= 11 is 1.66. The Hall–Kier alpha value is -1.07. The molecule has 0 aliphatic carbocycles. The SMILES string of the molecule is O=C(CC1CCCOC1)NCCSc1ccccn1. The average Bonchev–Trinajstić information content (AvgIpc) is 2.46. The highest BCUT2D eigenvalue weighted by molar-refractivity contribution is 7.99. The van der Waals surface area contributed by atoms with Crippen LogP contribution >= 0.6 is 11.8 Å². The first kappa shape index (κ1) is 14.3. The fourth-order valence-electron chi connectivity index (χ4n) is 2.08. The molecule has 1 N–H and O–H groups in total. The van der Waals surface area contributed by atoms with Crippen LogP contribution < -0.4 is 5.32 Å². The maximum Gasteiger partial charge on any atom is 0.220 e. The smallest absolute Gasteiger partial charge is 0.220 e. The van der Waals surface area contributed by atoms with E-state index in [0.29, 0.717) is 18.9 Å². The summed E-state index contributed by atoms with van der Waals surface area (Å²) in [5, 5.41) is 3.95. The molecule has 0 spiro atoms. The second-order valence-electron chi connectivity index (χ2n) is 4.65. The van der Waals surface area contributed by atoms with Crippen molar-refractivity contribution in [2.45, 2.75) is 24.3 Å². The molecule has 1 fully saturated rings. The molecule has 1 aromatic rings. The monoisotopic (exact) mass is 280 g/mol. The van der Waals surface area contributed by atoms with Crippen molar-refractivity contribution in [3.05, 3.63) is 24.4 Å². The van der Waals surface area contributed by atoms with Crippen LogP contribution in [0.5, 0.6) is 0 Å². The Kier molecular flexibility index (Phi) is 6.17. The third kappa shape index (κ3) is 5.61. The largest absolute Gasteiger partial charge is 0.381 e. The van der Waals surface area contributed by atoms with Crippen molar-refractivity contribution in [3.8, 4) is 0 Å². The van der Waals surface area contributed by atoms with Gasteiger partial charge in [-0.05, 0) is 30.9 Å². The fourth-order valence-corrected chi connectivity index (χ4v) is 2.80. The lowest BCUT2D eigenvalue weighted by atomic mass is 9.98. The molecular weight excluding hydrogens is 260 g/mol. The molecular formula is C14H20N2O2S. The maximum absolute atomic E-state index is 11.7. The number of nitrogens with zero attached hydrogens (tertiary/aromatic N) is 1. The third-order valence-corrected chi connectivity index (χ3v) is 3.99. The Bertz CT molecular complexity index is 380. The van der Waals surface area contributed by atoms with Crippen LogP contribution in [0.15, 0.2) is 29.4 Å². The molecule has 4 nitrogen and oxygen atoms in total. The molecule has 5 heteroatoms. The molecule has 0 radical (unpaired) electrons. The highest BCUT2D eigenvalue weighted by atomic mass is 32.2. The minimum Gasteiger partial charge on any atom is -0.381 e. The van der Waals surface area contributed by atoms with Crippen molar-refractivity contribution in [1.29, 1.82) is 0 Å². The second kappa shape index (κ2) is 8.17. The van der Waals surface area contributed by atoms with Crippen LogP contribution in [0.3, 0.4) is 0 Å². The summed E-state index contributed by atoms with van der Waals surface area (Å²) in [6.45, 7) is 2.27. The molecule has 1 unspecified atom stereocenters. The van der Waals surface area contributed by atoms with Crippen LogP contribution in [0.25, 0.3) is 0 Å². The van der Waals surface area contributed by atoms with Gasteiger partial charge in [-0.25, -0.2) is 4.98 Å². The zero-order chi connectivity index (χ0) is 13.3. The van der Waals surface area contributed by atoms with Gasteiger partial charge in [-0.2, -0.15) is 0 Å². The first-order valence-corrected chi connectivity index (χ1v) is 7.71. The van der Waals surface area contributed by atoms with Crippen molar-refractivity contribution in [1.82, 2.24) is 10.3 Å². The summed E-state index contributed by atoms with van der Waals surface area (Å²) in [6, 6.07) is 5.85. The Balaban J connectivity index is 1.56. The molecule has 0 aromatic carbocycles. The lowest BCUT2D eigenvalue weighted by Gasteiger charge is -2.21. The summed E-state index contributed by atoms with van der Waals surface area (Å²) in [5.74, 6) is 1.39. The number of amides is 1. The molecule has 19 heavy (non-hydrogen) atoms. The topological polar surface area (TPSA) is 51.2 Å². The van der Waals surface area contributed by atoms with Gasteiger partial charge in [0, 0.05) is 38.1 Å². The van der Waals surface area contributed by atoms with E-state index < -0.39 is 0 Å². The van der Waals surface area contributed by atoms with Crippen LogP contribution in [0.1, 0.15) is 19.3 Å². The summed E-state index contributed by atoms with van der Waals surface area (Å²) in [7, 11) is 0. The lowest BCUT2D eigenvalue weighted by Crippen LogP contribution is -2.30. The van der Waals surface area contributed by atoms with Crippen molar-refractivity contribution in [2.75, 3.05) is 25.5 Å². The summed E-state index contributed by atoms with van der Waals surface area (Å²) in [6.07, 6.45) is 4.56. The number of hydrogen-bond acceptors (Lipinski definition) is 4. The number of carbonyl (C=O) groups excluding carboxylic acids is 1.